The Morgan fingerprint density at radius 2 is 1.67 bits per heavy atom. The molecule has 0 saturated carbocycles. The molecule has 1 atom stereocenters. The van der Waals surface area contributed by atoms with E-state index in [9.17, 15) is 45.5 Å². The van der Waals surface area contributed by atoms with Gasteiger partial charge in [-0.2, -0.15) is 13.2 Å². The summed E-state index contributed by atoms with van der Waals surface area (Å²) in [6.07, 6.45) is -6.97. The van der Waals surface area contributed by atoms with Crippen LogP contribution >= 0.6 is 0 Å². The normalized spacial score (nSPS) is 14.0. The average molecular weight is 622 g/mol. The number of nitrogens with one attached hydrogen (secondary N) is 2. The fourth-order valence-corrected chi connectivity index (χ4v) is 4.26. The average Bonchev–Trinajstić information content (AvgIpc) is 3.28. The lowest BCUT2D eigenvalue weighted by molar-refractivity contribution is -0.148. The van der Waals surface area contributed by atoms with Crippen molar-refractivity contribution in [3.8, 4) is 0 Å². The van der Waals surface area contributed by atoms with E-state index in [0.29, 0.717) is 12.1 Å². The van der Waals surface area contributed by atoms with E-state index in [1.165, 1.54) is 0 Å². The minimum absolute atomic E-state index is 0.257. The Morgan fingerprint density at radius 1 is 1.02 bits per heavy atom. The minimum Gasteiger partial charge on any atom is -0.468 e. The molecular formula is C26H29F6N5O6. The zero-order chi connectivity index (χ0) is 32.3. The molecule has 1 aromatic heterocycles. The van der Waals surface area contributed by atoms with Gasteiger partial charge in [0.05, 0.1) is 19.3 Å². The molecule has 2 N–H and O–H groups in total. The molecule has 2 heterocycles. The molecule has 2 aromatic rings. The number of nitrogens with zero attached hydrogens (tertiary/aromatic N) is 3. The molecule has 1 unspecified atom stereocenters. The molecule has 3 amide bonds. The second-order valence-electron chi connectivity index (χ2n) is 10.6. The van der Waals surface area contributed by atoms with E-state index in [1.54, 1.807) is 20.8 Å². The summed E-state index contributed by atoms with van der Waals surface area (Å²) in [5.41, 5.74) is -2.25. The first-order valence-corrected chi connectivity index (χ1v) is 12.8. The molecule has 0 spiro atoms. The minimum atomic E-state index is -4.95. The highest BCUT2D eigenvalue weighted by molar-refractivity contribution is 5.95. The highest BCUT2D eigenvalue weighted by Crippen LogP contribution is 2.32. The highest BCUT2D eigenvalue weighted by atomic mass is 19.4. The van der Waals surface area contributed by atoms with Gasteiger partial charge in [0.15, 0.2) is 17.3 Å². The van der Waals surface area contributed by atoms with Crippen LogP contribution in [0.4, 0.5) is 31.1 Å². The van der Waals surface area contributed by atoms with Crippen molar-refractivity contribution < 1.29 is 55.0 Å². The third-order valence-electron chi connectivity index (χ3n) is 6.15. The number of fused-ring (bicyclic) bond motifs is 1. The largest absolute Gasteiger partial charge is 0.468 e. The third-order valence-corrected chi connectivity index (χ3v) is 6.15. The molecule has 3 rings (SSSR count). The summed E-state index contributed by atoms with van der Waals surface area (Å²) in [5, 5.41) is 4.50. The van der Waals surface area contributed by atoms with Gasteiger partial charge in [0, 0.05) is 31.6 Å². The van der Waals surface area contributed by atoms with Gasteiger partial charge >= 0.3 is 18.2 Å². The molecule has 0 saturated heterocycles. The molecule has 0 bridgehead atoms. The quantitative estimate of drug-likeness (QED) is 0.263. The maximum atomic E-state index is 14.4. The van der Waals surface area contributed by atoms with Crippen molar-refractivity contribution >= 4 is 23.9 Å². The zero-order valence-corrected chi connectivity index (χ0v) is 23.5. The maximum Gasteiger partial charge on any atom is 0.449 e. The van der Waals surface area contributed by atoms with E-state index >= 15 is 0 Å². The second kappa shape index (κ2) is 12.9. The molecule has 1 aliphatic heterocycles. The van der Waals surface area contributed by atoms with Crippen molar-refractivity contribution in [3.63, 3.8) is 0 Å². The van der Waals surface area contributed by atoms with Crippen LogP contribution in [0.5, 0.6) is 0 Å². The molecule has 17 heteroatoms. The lowest BCUT2D eigenvalue weighted by Crippen LogP contribution is -2.46. The Morgan fingerprint density at radius 3 is 2.28 bits per heavy atom. The molecule has 1 aliphatic rings. The molecule has 0 fully saturated rings. The molecule has 1 aromatic carbocycles. The summed E-state index contributed by atoms with van der Waals surface area (Å²) < 4.78 is 93.0. The van der Waals surface area contributed by atoms with Crippen LogP contribution in [0.25, 0.3) is 0 Å². The fourth-order valence-electron chi connectivity index (χ4n) is 4.26. The topological polar surface area (TPSA) is 132 Å². The molecule has 0 aliphatic carbocycles. The number of alkyl halides is 3. The number of rotatable bonds is 8. The predicted octanol–water partition coefficient (Wildman–Crippen LogP) is 3.09. The van der Waals surface area contributed by atoms with Crippen molar-refractivity contribution in [2.75, 3.05) is 20.2 Å². The summed E-state index contributed by atoms with van der Waals surface area (Å²) in [7, 11) is 1.05. The van der Waals surface area contributed by atoms with Crippen LogP contribution in [-0.4, -0.2) is 70.2 Å². The first-order valence-electron chi connectivity index (χ1n) is 12.8. The number of methoxy groups -OCH3 is 1. The van der Waals surface area contributed by atoms with Gasteiger partial charge in [0.2, 0.25) is 11.7 Å². The molecular weight excluding hydrogens is 592 g/mol. The fraction of sp³-hybridized carbons (Fsp3) is 0.500. The lowest BCUT2D eigenvalue weighted by atomic mass is 10.0. The number of alkyl carbamates (subject to hydrolysis) is 1. The Labute approximate surface area is 241 Å². The predicted molar refractivity (Wildman–Crippen MR) is 135 cm³/mol. The summed E-state index contributed by atoms with van der Waals surface area (Å²) in [4.78, 5) is 54.3. The smallest absolute Gasteiger partial charge is 0.449 e. The van der Waals surface area contributed by atoms with E-state index in [-0.39, 0.29) is 17.8 Å². The zero-order valence-electron chi connectivity index (χ0n) is 23.5. The van der Waals surface area contributed by atoms with Crippen LogP contribution < -0.4 is 10.6 Å². The van der Waals surface area contributed by atoms with E-state index < -0.39 is 103 Å². The van der Waals surface area contributed by atoms with Crippen molar-refractivity contribution in [1.29, 1.82) is 0 Å². The van der Waals surface area contributed by atoms with Crippen molar-refractivity contribution in [2.45, 2.75) is 64.5 Å². The van der Waals surface area contributed by atoms with Crippen molar-refractivity contribution in [1.82, 2.24) is 25.1 Å². The number of aromatic nitrogens is 2. The Kier molecular flexibility index (Phi) is 9.97. The van der Waals surface area contributed by atoms with Crippen LogP contribution in [0, 0.1) is 17.5 Å². The van der Waals surface area contributed by atoms with Gasteiger partial charge < -0.3 is 29.6 Å². The van der Waals surface area contributed by atoms with Crippen LogP contribution in [0.3, 0.4) is 0 Å². The first-order chi connectivity index (χ1) is 19.9. The van der Waals surface area contributed by atoms with Gasteiger partial charge in [0.1, 0.15) is 18.0 Å². The number of hydrogen-bond donors (Lipinski definition) is 2. The summed E-state index contributed by atoms with van der Waals surface area (Å²) in [6.45, 7) is 2.86. The van der Waals surface area contributed by atoms with E-state index in [2.05, 4.69) is 20.4 Å². The summed E-state index contributed by atoms with van der Waals surface area (Å²) in [6, 6.07) is -0.327. The Balaban J connectivity index is 1.87. The number of benzene rings is 1. The number of imidazole rings is 1. The van der Waals surface area contributed by atoms with Gasteiger partial charge in [-0.3, -0.25) is 14.4 Å². The van der Waals surface area contributed by atoms with Gasteiger partial charge in [0.25, 0.3) is 5.91 Å². The number of amides is 3. The maximum absolute atomic E-state index is 14.4. The van der Waals surface area contributed by atoms with E-state index in [0.717, 1.165) is 16.6 Å². The molecule has 43 heavy (non-hydrogen) atoms. The number of carbonyl (C=O) groups is 4. The van der Waals surface area contributed by atoms with Crippen LogP contribution in [-0.2, 0) is 44.7 Å². The number of halogens is 6. The van der Waals surface area contributed by atoms with Gasteiger partial charge in [-0.05, 0) is 38.8 Å². The van der Waals surface area contributed by atoms with Crippen LogP contribution in [0.2, 0.25) is 0 Å². The lowest BCUT2D eigenvalue weighted by Gasteiger charge is -2.31. The second-order valence-corrected chi connectivity index (χ2v) is 10.6. The van der Waals surface area contributed by atoms with Gasteiger partial charge in [-0.15, -0.1) is 0 Å². The SMILES string of the molecule is COC(=O)CNC(=O)c1nc(C(F)(F)F)n2c1CN(C(=O)CC(Cc1cc(F)c(F)cc1F)NC(=O)OC(C)(C)C)CC2. The van der Waals surface area contributed by atoms with Crippen LogP contribution in [0.1, 0.15) is 54.8 Å². The van der Waals surface area contributed by atoms with E-state index in [4.69, 9.17) is 4.74 Å². The van der Waals surface area contributed by atoms with Crippen molar-refractivity contribution in [2.24, 2.45) is 0 Å². The van der Waals surface area contributed by atoms with Crippen LogP contribution in [0.15, 0.2) is 12.1 Å². The monoisotopic (exact) mass is 621 g/mol. The first kappa shape index (κ1) is 33.2. The van der Waals surface area contributed by atoms with Gasteiger partial charge in [-0.1, -0.05) is 0 Å². The molecule has 11 nitrogen and oxygen atoms in total. The highest BCUT2D eigenvalue weighted by Gasteiger charge is 2.42. The Hall–Kier alpha value is -4.31. The summed E-state index contributed by atoms with van der Waals surface area (Å²) >= 11 is 0. The Bertz CT molecular complexity index is 1400. The van der Waals surface area contributed by atoms with E-state index in [1.807, 2.05) is 0 Å². The third kappa shape index (κ3) is 8.61. The van der Waals surface area contributed by atoms with Crippen molar-refractivity contribution in [3.05, 3.63) is 52.4 Å². The number of hydrogen-bond acceptors (Lipinski definition) is 7. The molecule has 236 valence electrons. The number of carbonyl (C=O) groups excluding carboxylic acids is 4. The standard InChI is InChI=1S/C26H29F6N5O6/c1-25(2,3)43-24(41)34-14(7-13-8-16(28)17(29)10-15(13)27)9-19(38)36-5-6-37-18(12-36)21(35-23(37)26(30,31)32)22(40)33-11-20(39)42-4/h8,10,14H,5-7,9,11-12H2,1-4H3,(H,33,40)(H,34,41). The number of ether oxygens (including phenoxy) is 2. The molecule has 0 radical (unpaired) electrons. The summed E-state index contributed by atoms with van der Waals surface area (Å²) in [5.74, 6) is -8.02. The van der Waals surface area contributed by atoms with Gasteiger partial charge in [-0.25, -0.2) is 22.9 Å². The number of esters is 1.